The van der Waals surface area contributed by atoms with Gasteiger partial charge in [-0.05, 0) is 49.2 Å². The van der Waals surface area contributed by atoms with Crippen molar-refractivity contribution < 1.29 is 4.74 Å². The Morgan fingerprint density at radius 2 is 2.05 bits per heavy atom. The van der Waals surface area contributed by atoms with Crippen molar-refractivity contribution in [2.45, 2.75) is 39.3 Å². The molecule has 0 bridgehead atoms. The lowest BCUT2D eigenvalue weighted by Gasteiger charge is -2.20. The minimum atomic E-state index is 0.274. The number of hydrogen-bond donors (Lipinski definition) is 1. The maximum Gasteiger partial charge on any atom is 0.0665 e. The molecule has 0 saturated heterocycles. The summed E-state index contributed by atoms with van der Waals surface area (Å²) in [5.74, 6) is 0. The summed E-state index contributed by atoms with van der Waals surface area (Å²) in [6.07, 6.45) is 1.41. The first-order valence-electron chi connectivity index (χ1n) is 7.03. The van der Waals surface area contributed by atoms with Gasteiger partial charge in [-0.15, -0.1) is 11.3 Å². The summed E-state index contributed by atoms with van der Waals surface area (Å²) in [6, 6.07) is 8.89. The van der Waals surface area contributed by atoms with Crippen LogP contribution in [-0.4, -0.2) is 19.3 Å². The Labute approximate surface area is 119 Å². The smallest absolute Gasteiger partial charge is 0.0665 e. The van der Waals surface area contributed by atoms with E-state index in [2.05, 4.69) is 55.7 Å². The van der Waals surface area contributed by atoms with Gasteiger partial charge >= 0.3 is 0 Å². The molecule has 2 aromatic rings. The van der Waals surface area contributed by atoms with Crippen molar-refractivity contribution >= 4 is 21.4 Å². The number of fused-ring (bicyclic) bond motifs is 1. The lowest BCUT2D eigenvalue weighted by molar-refractivity contribution is 0.0614. The van der Waals surface area contributed by atoms with Crippen molar-refractivity contribution in [1.29, 1.82) is 0 Å². The molecule has 3 heteroatoms. The molecule has 1 N–H and O–H groups in total. The molecule has 0 aliphatic carbocycles. The fourth-order valence-electron chi connectivity index (χ4n) is 2.13. The van der Waals surface area contributed by atoms with E-state index in [9.17, 15) is 0 Å². The van der Waals surface area contributed by atoms with E-state index >= 15 is 0 Å². The van der Waals surface area contributed by atoms with Gasteiger partial charge in [-0.2, -0.15) is 0 Å². The molecule has 0 aliphatic rings. The maximum absolute atomic E-state index is 5.82. The van der Waals surface area contributed by atoms with E-state index in [1.807, 2.05) is 11.3 Å². The van der Waals surface area contributed by atoms with Crippen LogP contribution in [0.5, 0.6) is 0 Å². The van der Waals surface area contributed by atoms with Crippen LogP contribution in [-0.2, 0) is 4.74 Å². The first kappa shape index (κ1) is 14.5. The van der Waals surface area contributed by atoms with Crippen LogP contribution in [0.4, 0.5) is 0 Å². The van der Waals surface area contributed by atoms with Crippen LogP contribution in [0.25, 0.3) is 10.1 Å². The van der Waals surface area contributed by atoms with Gasteiger partial charge in [-0.25, -0.2) is 0 Å². The van der Waals surface area contributed by atoms with Gasteiger partial charge in [0.2, 0.25) is 0 Å². The minimum Gasteiger partial charge on any atom is -0.377 e. The second kappa shape index (κ2) is 7.04. The summed E-state index contributed by atoms with van der Waals surface area (Å²) < 4.78 is 7.17. The van der Waals surface area contributed by atoms with Crippen molar-refractivity contribution in [3.8, 4) is 0 Å². The molecule has 104 valence electrons. The van der Waals surface area contributed by atoms with Crippen molar-refractivity contribution in [2.24, 2.45) is 0 Å². The molecule has 1 atom stereocenters. The Bertz CT molecular complexity index is 506. The zero-order valence-electron chi connectivity index (χ0n) is 12.0. The Morgan fingerprint density at radius 1 is 1.26 bits per heavy atom. The highest BCUT2D eigenvalue weighted by molar-refractivity contribution is 7.17. The number of thiophene rings is 1. The molecular weight excluding hydrogens is 254 g/mol. The molecule has 1 unspecified atom stereocenters. The fourth-order valence-corrected chi connectivity index (χ4v) is 3.15. The number of hydrogen-bond acceptors (Lipinski definition) is 3. The number of nitrogens with one attached hydrogen (secondary N) is 1. The second-order valence-electron chi connectivity index (χ2n) is 5.08. The van der Waals surface area contributed by atoms with Gasteiger partial charge in [-0.1, -0.05) is 25.1 Å². The molecule has 0 aliphatic heterocycles. The molecule has 2 rings (SSSR count). The third kappa shape index (κ3) is 3.78. The number of ether oxygens (including phenoxy) is 1. The van der Waals surface area contributed by atoms with E-state index in [-0.39, 0.29) is 6.10 Å². The molecule has 1 aromatic carbocycles. The predicted molar refractivity (Wildman–Crippen MR) is 83.9 cm³/mol. The molecule has 0 spiro atoms. The highest BCUT2D eigenvalue weighted by Gasteiger charge is 2.15. The Hall–Kier alpha value is -0.900. The zero-order valence-corrected chi connectivity index (χ0v) is 12.8. The zero-order chi connectivity index (χ0) is 13.7. The van der Waals surface area contributed by atoms with Crippen LogP contribution in [0.2, 0.25) is 0 Å². The lowest BCUT2D eigenvalue weighted by atomic mass is 10.1. The molecule has 0 saturated carbocycles. The number of benzene rings is 1. The topological polar surface area (TPSA) is 21.3 Å². The normalized spacial score (nSPS) is 13.3. The summed E-state index contributed by atoms with van der Waals surface area (Å²) >= 11 is 1.81. The van der Waals surface area contributed by atoms with Crippen LogP contribution in [0.1, 0.15) is 38.8 Å². The summed E-state index contributed by atoms with van der Waals surface area (Å²) in [4.78, 5) is 0. The van der Waals surface area contributed by atoms with E-state index in [0.717, 1.165) is 19.6 Å². The predicted octanol–water partition coefficient (Wildman–Crippen LogP) is 4.37. The summed E-state index contributed by atoms with van der Waals surface area (Å²) in [5.41, 5.74) is 1.37. The third-order valence-corrected chi connectivity index (χ3v) is 4.11. The van der Waals surface area contributed by atoms with Crippen LogP contribution < -0.4 is 5.32 Å². The Balaban J connectivity index is 2.20. The largest absolute Gasteiger partial charge is 0.377 e. The lowest BCUT2D eigenvalue weighted by Crippen LogP contribution is -2.27. The average Bonchev–Trinajstić information content (AvgIpc) is 2.83. The van der Waals surface area contributed by atoms with Crippen molar-refractivity contribution in [1.82, 2.24) is 5.32 Å². The van der Waals surface area contributed by atoms with Gasteiger partial charge in [0.1, 0.15) is 0 Å². The molecule has 0 fully saturated rings. The first-order chi connectivity index (χ1) is 9.22. The van der Waals surface area contributed by atoms with Crippen LogP contribution in [0.3, 0.4) is 0 Å². The minimum absolute atomic E-state index is 0.274. The summed E-state index contributed by atoms with van der Waals surface area (Å²) in [6.45, 7) is 8.12. The third-order valence-electron chi connectivity index (χ3n) is 3.12. The molecule has 2 nitrogen and oxygen atoms in total. The fraction of sp³-hybridized carbons (Fsp3) is 0.500. The number of rotatable bonds is 7. The van der Waals surface area contributed by atoms with Gasteiger partial charge in [0.25, 0.3) is 0 Å². The average molecular weight is 277 g/mol. The van der Waals surface area contributed by atoms with E-state index in [4.69, 9.17) is 4.74 Å². The SMILES string of the molecule is CCCNC(COC(C)C)c1csc2ccccc12. The Morgan fingerprint density at radius 3 is 2.79 bits per heavy atom. The quantitative estimate of drug-likeness (QED) is 0.811. The second-order valence-corrected chi connectivity index (χ2v) is 5.99. The van der Waals surface area contributed by atoms with Crippen molar-refractivity contribution in [3.63, 3.8) is 0 Å². The summed E-state index contributed by atoms with van der Waals surface area (Å²) in [5, 5.41) is 7.22. The highest BCUT2D eigenvalue weighted by Crippen LogP contribution is 2.30. The highest BCUT2D eigenvalue weighted by atomic mass is 32.1. The van der Waals surface area contributed by atoms with Crippen molar-refractivity contribution in [3.05, 3.63) is 35.2 Å². The Kier molecular flexibility index (Phi) is 5.37. The maximum atomic E-state index is 5.82. The van der Waals surface area contributed by atoms with Gasteiger partial charge in [0.05, 0.1) is 18.8 Å². The van der Waals surface area contributed by atoms with E-state index in [1.165, 1.54) is 15.6 Å². The van der Waals surface area contributed by atoms with Gasteiger partial charge in [0, 0.05) is 4.70 Å². The standard InChI is InChI=1S/C16H23NOS/c1-4-9-17-15(10-18-12(2)3)14-11-19-16-8-6-5-7-13(14)16/h5-8,11-12,15,17H,4,9-10H2,1-3H3. The van der Waals surface area contributed by atoms with Crippen LogP contribution in [0, 0.1) is 0 Å². The first-order valence-corrected chi connectivity index (χ1v) is 7.91. The molecule has 1 aromatic heterocycles. The van der Waals surface area contributed by atoms with Crippen molar-refractivity contribution in [2.75, 3.05) is 13.2 Å². The molecule has 0 amide bonds. The molecular formula is C16H23NOS. The monoisotopic (exact) mass is 277 g/mol. The van der Waals surface area contributed by atoms with E-state index in [1.54, 1.807) is 0 Å². The van der Waals surface area contributed by atoms with Crippen LogP contribution >= 0.6 is 11.3 Å². The van der Waals surface area contributed by atoms with Gasteiger partial charge in [-0.3, -0.25) is 0 Å². The molecule has 0 radical (unpaired) electrons. The summed E-state index contributed by atoms with van der Waals surface area (Å²) in [7, 11) is 0. The molecule has 19 heavy (non-hydrogen) atoms. The van der Waals surface area contributed by atoms with Crippen LogP contribution in [0.15, 0.2) is 29.6 Å². The molecule has 1 heterocycles. The van der Waals surface area contributed by atoms with E-state index < -0.39 is 0 Å². The van der Waals surface area contributed by atoms with Gasteiger partial charge < -0.3 is 10.1 Å². The van der Waals surface area contributed by atoms with Gasteiger partial charge in [0.15, 0.2) is 0 Å². The van der Waals surface area contributed by atoms with E-state index in [0.29, 0.717) is 6.04 Å².